The number of ether oxygens (including phenoxy) is 1. The molecule has 2 atom stereocenters. The van der Waals surface area contributed by atoms with Gasteiger partial charge in [0.15, 0.2) is 0 Å². The summed E-state index contributed by atoms with van der Waals surface area (Å²) in [4.78, 5) is 14.1. The first-order chi connectivity index (χ1) is 10.2. The number of carbonyl (C=O) groups is 1. The van der Waals surface area contributed by atoms with Gasteiger partial charge in [-0.3, -0.25) is 4.79 Å². The fourth-order valence-electron chi connectivity index (χ4n) is 3.11. The number of hydrogen-bond donors (Lipinski definition) is 1. The molecule has 2 fully saturated rings. The van der Waals surface area contributed by atoms with Gasteiger partial charge in [-0.15, -0.1) is 0 Å². The summed E-state index contributed by atoms with van der Waals surface area (Å²) in [7, 11) is 0. The average molecular weight is 292 g/mol. The van der Waals surface area contributed by atoms with Crippen LogP contribution < -0.4 is 10.1 Å². The lowest BCUT2D eigenvalue weighted by atomic mass is 10.1. The van der Waals surface area contributed by atoms with Crippen molar-refractivity contribution < 1.29 is 13.9 Å². The Balaban J connectivity index is 1.42. The van der Waals surface area contributed by atoms with Crippen molar-refractivity contribution in [2.75, 3.05) is 19.7 Å². The Morgan fingerprint density at radius 3 is 2.81 bits per heavy atom. The molecule has 0 unspecified atom stereocenters. The molecule has 2 heterocycles. The van der Waals surface area contributed by atoms with Crippen LogP contribution >= 0.6 is 0 Å². The van der Waals surface area contributed by atoms with Gasteiger partial charge >= 0.3 is 0 Å². The van der Waals surface area contributed by atoms with E-state index in [0.717, 1.165) is 25.9 Å². The molecule has 0 radical (unpaired) electrons. The topological polar surface area (TPSA) is 41.6 Å². The van der Waals surface area contributed by atoms with E-state index >= 15 is 0 Å². The summed E-state index contributed by atoms with van der Waals surface area (Å²) in [5.74, 6) is 0.649. The van der Waals surface area contributed by atoms with E-state index in [4.69, 9.17) is 4.74 Å². The maximum absolute atomic E-state index is 12.8. The summed E-state index contributed by atoms with van der Waals surface area (Å²) < 4.78 is 18.3. The third-order valence-electron chi connectivity index (χ3n) is 4.20. The quantitative estimate of drug-likeness (QED) is 0.843. The fraction of sp³-hybridized carbons (Fsp3) is 0.562. The molecule has 1 N–H and O–H groups in total. The summed E-state index contributed by atoms with van der Waals surface area (Å²) in [6.45, 7) is 2.08. The highest BCUT2D eigenvalue weighted by Gasteiger charge is 2.32. The van der Waals surface area contributed by atoms with Crippen LogP contribution in [0.3, 0.4) is 0 Å². The van der Waals surface area contributed by atoms with Gasteiger partial charge < -0.3 is 15.0 Å². The highest BCUT2D eigenvalue weighted by atomic mass is 19.1. The fourth-order valence-corrected chi connectivity index (χ4v) is 3.11. The van der Waals surface area contributed by atoms with Crippen LogP contribution in [0.25, 0.3) is 0 Å². The molecule has 0 spiro atoms. The summed E-state index contributed by atoms with van der Waals surface area (Å²) in [5, 5.41) is 3.51. The van der Waals surface area contributed by atoms with E-state index in [1.807, 2.05) is 4.90 Å². The van der Waals surface area contributed by atoms with E-state index in [-0.39, 0.29) is 11.7 Å². The molecule has 1 amide bonds. The van der Waals surface area contributed by atoms with Crippen LogP contribution in [0.2, 0.25) is 0 Å². The lowest BCUT2D eigenvalue weighted by molar-refractivity contribution is -0.131. The van der Waals surface area contributed by atoms with Crippen molar-refractivity contribution in [3.05, 3.63) is 30.1 Å². The Labute approximate surface area is 124 Å². The van der Waals surface area contributed by atoms with Crippen LogP contribution in [0, 0.1) is 5.82 Å². The van der Waals surface area contributed by atoms with E-state index < -0.39 is 0 Å². The van der Waals surface area contributed by atoms with Gasteiger partial charge in [-0.2, -0.15) is 0 Å². The van der Waals surface area contributed by atoms with Crippen molar-refractivity contribution >= 4 is 5.91 Å². The SMILES string of the molecule is O=C1C[C@@H]2CC[C@H](CN1CCCOc1ccc(F)cc1)N2. The number of fused-ring (bicyclic) bond motifs is 2. The van der Waals surface area contributed by atoms with Gasteiger partial charge in [0.2, 0.25) is 5.91 Å². The first-order valence-corrected chi connectivity index (χ1v) is 7.63. The number of nitrogens with one attached hydrogen (secondary N) is 1. The zero-order valence-corrected chi connectivity index (χ0v) is 12.1. The van der Waals surface area contributed by atoms with E-state index in [2.05, 4.69) is 5.32 Å². The summed E-state index contributed by atoms with van der Waals surface area (Å²) in [6, 6.07) is 6.85. The molecule has 4 nitrogen and oxygen atoms in total. The molecule has 21 heavy (non-hydrogen) atoms. The number of halogens is 1. The zero-order chi connectivity index (χ0) is 14.7. The van der Waals surface area contributed by atoms with Crippen molar-refractivity contribution in [2.24, 2.45) is 0 Å². The smallest absolute Gasteiger partial charge is 0.224 e. The van der Waals surface area contributed by atoms with Crippen molar-refractivity contribution in [3.63, 3.8) is 0 Å². The van der Waals surface area contributed by atoms with Gasteiger partial charge in [-0.25, -0.2) is 4.39 Å². The molecule has 0 saturated carbocycles. The van der Waals surface area contributed by atoms with Crippen LogP contribution in [0.1, 0.15) is 25.7 Å². The molecule has 2 saturated heterocycles. The molecule has 2 bridgehead atoms. The molecular formula is C16H21FN2O2. The molecule has 5 heteroatoms. The van der Waals surface area contributed by atoms with E-state index in [1.54, 1.807) is 12.1 Å². The zero-order valence-electron chi connectivity index (χ0n) is 12.1. The first-order valence-electron chi connectivity index (χ1n) is 7.63. The standard InChI is InChI=1S/C16H21FN2O2/c17-12-2-6-15(7-3-12)21-9-1-8-19-11-14-5-4-13(18-14)10-16(19)20/h2-3,6-7,13-14,18H,1,4-5,8-11H2/t13-,14+/m0/s1. The van der Waals surface area contributed by atoms with Crippen molar-refractivity contribution in [1.82, 2.24) is 10.2 Å². The normalized spacial score (nSPS) is 25.0. The van der Waals surface area contributed by atoms with Gasteiger partial charge in [-0.05, 0) is 43.5 Å². The maximum Gasteiger partial charge on any atom is 0.224 e. The summed E-state index contributed by atoms with van der Waals surface area (Å²) in [5.41, 5.74) is 0. The van der Waals surface area contributed by atoms with Crippen LogP contribution in [-0.2, 0) is 4.79 Å². The Hall–Kier alpha value is -1.62. The number of hydrogen-bond acceptors (Lipinski definition) is 3. The third-order valence-corrected chi connectivity index (χ3v) is 4.20. The second-order valence-electron chi connectivity index (χ2n) is 5.84. The van der Waals surface area contributed by atoms with Crippen molar-refractivity contribution in [3.8, 4) is 5.75 Å². The minimum Gasteiger partial charge on any atom is -0.494 e. The highest BCUT2D eigenvalue weighted by Crippen LogP contribution is 2.21. The van der Waals surface area contributed by atoms with Crippen molar-refractivity contribution in [2.45, 2.75) is 37.8 Å². The minimum atomic E-state index is -0.264. The predicted octanol–water partition coefficient (Wildman–Crippen LogP) is 1.95. The number of benzene rings is 1. The molecule has 1 aromatic rings. The van der Waals surface area contributed by atoms with E-state index in [9.17, 15) is 9.18 Å². The summed E-state index contributed by atoms with van der Waals surface area (Å²) >= 11 is 0. The number of rotatable bonds is 5. The van der Waals surface area contributed by atoms with E-state index in [1.165, 1.54) is 18.6 Å². The van der Waals surface area contributed by atoms with E-state index in [0.29, 0.717) is 30.9 Å². The number of amides is 1. The predicted molar refractivity (Wildman–Crippen MR) is 77.7 cm³/mol. The second-order valence-corrected chi connectivity index (χ2v) is 5.84. The van der Waals surface area contributed by atoms with Crippen LogP contribution in [0.15, 0.2) is 24.3 Å². The van der Waals surface area contributed by atoms with Gasteiger partial charge in [-0.1, -0.05) is 0 Å². The Morgan fingerprint density at radius 1 is 1.24 bits per heavy atom. The Kier molecular flexibility index (Phi) is 4.39. The molecule has 0 aromatic heterocycles. The molecule has 3 rings (SSSR count). The molecule has 2 aliphatic rings. The maximum atomic E-state index is 12.8. The minimum absolute atomic E-state index is 0.247. The number of nitrogens with zero attached hydrogens (tertiary/aromatic N) is 1. The molecule has 0 aliphatic carbocycles. The van der Waals surface area contributed by atoms with Gasteiger partial charge in [0.05, 0.1) is 6.61 Å². The molecule has 2 aliphatic heterocycles. The lowest BCUT2D eigenvalue weighted by Crippen LogP contribution is -2.38. The summed E-state index contributed by atoms with van der Waals surface area (Å²) in [6.07, 6.45) is 3.70. The van der Waals surface area contributed by atoms with Crippen LogP contribution in [0.4, 0.5) is 4.39 Å². The second kappa shape index (κ2) is 6.43. The Morgan fingerprint density at radius 2 is 2.00 bits per heavy atom. The largest absolute Gasteiger partial charge is 0.494 e. The first kappa shape index (κ1) is 14.3. The molecular weight excluding hydrogens is 271 g/mol. The van der Waals surface area contributed by atoms with Gasteiger partial charge in [0.1, 0.15) is 11.6 Å². The van der Waals surface area contributed by atoms with Crippen LogP contribution in [0.5, 0.6) is 5.75 Å². The molecule has 114 valence electrons. The third kappa shape index (κ3) is 3.73. The Bertz CT molecular complexity index is 492. The highest BCUT2D eigenvalue weighted by molar-refractivity contribution is 5.77. The van der Waals surface area contributed by atoms with Crippen molar-refractivity contribution in [1.29, 1.82) is 0 Å². The molecule has 1 aromatic carbocycles. The van der Waals surface area contributed by atoms with Crippen LogP contribution in [-0.4, -0.2) is 42.6 Å². The average Bonchev–Trinajstić information content (AvgIpc) is 2.84. The number of likely N-dealkylation sites (tertiary alicyclic amines) is 1. The monoisotopic (exact) mass is 292 g/mol. The number of carbonyl (C=O) groups excluding carboxylic acids is 1. The van der Waals surface area contributed by atoms with Gasteiger partial charge in [0.25, 0.3) is 0 Å². The lowest BCUT2D eigenvalue weighted by Gasteiger charge is -2.24. The van der Waals surface area contributed by atoms with Gasteiger partial charge in [0, 0.05) is 31.6 Å².